The van der Waals surface area contributed by atoms with E-state index in [1.807, 2.05) is 30.3 Å². The van der Waals surface area contributed by atoms with Gasteiger partial charge in [-0.1, -0.05) is 42.5 Å². The van der Waals surface area contributed by atoms with Crippen LogP contribution in [0.2, 0.25) is 0 Å². The lowest BCUT2D eigenvalue weighted by Gasteiger charge is -2.18. The maximum absolute atomic E-state index is 12.1. The van der Waals surface area contributed by atoms with E-state index < -0.39 is 11.9 Å². The summed E-state index contributed by atoms with van der Waals surface area (Å²) in [6.45, 7) is 2.31. The highest BCUT2D eigenvalue weighted by atomic mass is 16.4. The number of nitrogens with one attached hydrogen (secondary N) is 2. The van der Waals surface area contributed by atoms with Crippen LogP contribution in [-0.4, -0.2) is 41.5 Å². The van der Waals surface area contributed by atoms with Gasteiger partial charge in [-0.25, -0.2) is 4.79 Å². The Kier molecular flexibility index (Phi) is 7.56. The fourth-order valence-electron chi connectivity index (χ4n) is 2.57. The number of nitrogens with zero attached hydrogens (tertiary/aromatic N) is 1. The Hall–Kier alpha value is -3.35. The molecule has 0 fully saturated rings. The number of anilines is 1. The maximum atomic E-state index is 12.1. The quantitative estimate of drug-likeness (QED) is 0.652. The number of carbonyl (C=O) groups excluding carboxylic acids is 2. The van der Waals surface area contributed by atoms with Gasteiger partial charge < -0.3 is 20.6 Å². The number of urea groups is 1. The molecule has 0 radical (unpaired) electrons. The average Bonchev–Trinajstić information content (AvgIpc) is 2.68. The van der Waals surface area contributed by atoms with Gasteiger partial charge in [-0.05, 0) is 30.2 Å². The third-order valence-electron chi connectivity index (χ3n) is 4.30. The van der Waals surface area contributed by atoms with Crippen LogP contribution in [0.1, 0.15) is 30.4 Å². The van der Waals surface area contributed by atoms with E-state index >= 15 is 0 Å². The lowest BCUT2D eigenvalue weighted by molar-refractivity contribution is -0.138. The summed E-state index contributed by atoms with van der Waals surface area (Å²) in [4.78, 5) is 36.6. The predicted molar refractivity (Wildman–Crippen MR) is 107 cm³/mol. The minimum atomic E-state index is -0.898. The van der Waals surface area contributed by atoms with Crippen molar-refractivity contribution in [2.24, 2.45) is 0 Å². The van der Waals surface area contributed by atoms with Crippen molar-refractivity contribution in [2.45, 2.75) is 25.8 Å². The summed E-state index contributed by atoms with van der Waals surface area (Å²) in [5.74, 6) is -1.73. The van der Waals surface area contributed by atoms with E-state index in [-0.39, 0.29) is 24.9 Å². The van der Waals surface area contributed by atoms with Gasteiger partial charge in [0.1, 0.15) is 0 Å². The van der Waals surface area contributed by atoms with Crippen molar-refractivity contribution >= 4 is 23.6 Å². The van der Waals surface area contributed by atoms with Gasteiger partial charge in [0, 0.05) is 32.2 Å². The molecule has 7 heteroatoms. The van der Waals surface area contributed by atoms with Crippen molar-refractivity contribution in [1.29, 1.82) is 0 Å². The highest BCUT2D eigenvalue weighted by Gasteiger charge is 2.13. The summed E-state index contributed by atoms with van der Waals surface area (Å²) in [6, 6.07) is 16.1. The summed E-state index contributed by atoms with van der Waals surface area (Å²) in [5.41, 5.74) is 2.27. The van der Waals surface area contributed by atoms with Gasteiger partial charge >= 0.3 is 12.0 Å². The van der Waals surface area contributed by atoms with E-state index in [4.69, 9.17) is 5.11 Å². The van der Waals surface area contributed by atoms with Crippen LogP contribution in [0.3, 0.4) is 0 Å². The summed E-state index contributed by atoms with van der Waals surface area (Å²) in [6.07, 6.45) is 0.137. The summed E-state index contributed by atoms with van der Waals surface area (Å²) in [7, 11) is 1.70. The molecule has 2 aromatic carbocycles. The third-order valence-corrected chi connectivity index (χ3v) is 4.30. The fraction of sp³-hybridized carbons (Fsp3) is 0.286. The molecule has 0 saturated heterocycles. The Morgan fingerprint density at radius 2 is 1.68 bits per heavy atom. The molecule has 148 valence electrons. The van der Waals surface area contributed by atoms with Gasteiger partial charge in [0.25, 0.3) is 0 Å². The predicted octanol–water partition coefficient (Wildman–Crippen LogP) is 3.04. The molecular weight excluding hydrogens is 358 g/mol. The molecule has 1 unspecified atom stereocenters. The zero-order chi connectivity index (χ0) is 20.5. The number of aliphatic carboxylic acids is 1. The smallest absolute Gasteiger partial charge is 0.317 e. The zero-order valence-electron chi connectivity index (χ0n) is 16.0. The van der Waals surface area contributed by atoms with Crippen LogP contribution in [0.4, 0.5) is 10.5 Å². The van der Waals surface area contributed by atoms with Crippen molar-refractivity contribution in [2.75, 3.05) is 18.9 Å². The van der Waals surface area contributed by atoms with E-state index in [2.05, 4.69) is 10.6 Å². The fourth-order valence-corrected chi connectivity index (χ4v) is 2.57. The van der Waals surface area contributed by atoms with E-state index in [9.17, 15) is 14.4 Å². The van der Waals surface area contributed by atoms with Crippen molar-refractivity contribution in [1.82, 2.24) is 10.2 Å². The van der Waals surface area contributed by atoms with Crippen LogP contribution in [-0.2, 0) is 16.1 Å². The molecule has 1 atom stereocenters. The van der Waals surface area contributed by atoms with Crippen LogP contribution in [0.25, 0.3) is 0 Å². The minimum Gasteiger partial charge on any atom is -0.481 e. The van der Waals surface area contributed by atoms with Gasteiger partial charge in [0.2, 0.25) is 5.91 Å². The van der Waals surface area contributed by atoms with Crippen LogP contribution in [0, 0.1) is 0 Å². The monoisotopic (exact) mass is 383 g/mol. The van der Waals surface area contributed by atoms with Gasteiger partial charge in [0.15, 0.2) is 0 Å². The first-order valence-corrected chi connectivity index (χ1v) is 9.02. The number of rotatable bonds is 8. The number of carboxylic acids is 1. The first kappa shape index (κ1) is 21.0. The highest BCUT2D eigenvalue weighted by Crippen LogP contribution is 2.18. The summed E-state index contributed by atoms with van der Waals surface area (Å²) < 4.78 is 0. The molecule has 0 bridgehead atoms. The summed E-state index contributed by atoms with van der Waals surface area (Å²) in [5, 5.41) is 14.5. The molecule has 0 spiro atoms. The van der Waals surface area contributed by atoms with E-state index in [1.54, 1.807) is 43.1 Å². The van der Waals surface area contributed by atoms with E-state index in [1.165, 1.54) is 0 Å². The highest BCUT2D eigenvalue weighted by molar-refractivity contribution is 5.91. The molecule has 0 aliphatic rings. The first-order chi connectivity index (χ1) is 13.4. The van der Waals surface area contributed by atoms with Crippen LogP contribution >= 0.6 is 0 Å². The lowest BCUT2D eigenvalue weighted by atomic mass is 10.0. The SMILES string of the molecule is CC(C(=O)O)c1ccc(NC(=O)CCNC(=O)N(C)Cc2ccccc2)cc1. The second kappa shape index (κ2) is 10.1. The molecule has 7 nitrogen and oxygen atoms in total. The minimum absolute atomic E-state index is 0.137. The van der Waals surface area contributed by atoms with Crippen LogP contribution < -0.4 is 10.6 Å². The Bertz CT molecular complexity index is 806. The summed E-state index contributed by atoms with van der Waals surface area (Å²) >= 11 is 0. The normalized spacial score (nSPS) is 11.4. The van der Waals surface area contributed by atoms with Gasteiger partial charge in [-0.2, -0.15) is 0 Å². The van der Waals surface area contributed by atoms with E-state index in [0.717, 1.165) is 5.56 Å². The Labute approximate surface area is 164 Å². The second-order valence-corrected chi connectivity index (χ2v) is 6.55. The number of hydrogen-bond acceptors (Lipinski definition) is 3. The average molecular weight is 383 g/mol. The first-order valence-electron chi connectivity index (χ1n) is 9.02. The molecule has 0 heterocycles. The van der Waals surface area contributed by atoms with Crippen LogP contribution in [0.5, 0.6) is 0 Å². The molecule has 3 N–H and O–H groups in total. The topological polar surface area (TPSA) is 98.7 Å². The van der Waals surface area contributed by atoms with E-state index in [0.29, 0.717) is 17.8 Å². The molecule has 28 heavy (non-hydrogen) atoms. The van der Waals surface area contributed by atoms with Crippen molar-refractivity contribution in [3.63, 3.8) is 0 Å². The zero-order valence-corrected chi connectivity index (χ0v) is 16.0. The number of carbonyl (C=O) groups is 3. The Morgan fingerprint density at radius 1 is 1.04 bits per heavy atom. The van der Waals surface area contributed by atoms with Crippen molar-refractivity contribution < 1.29 is 19.5 Å². The van der Waals surface area contributed by atoms with Gasteiger partial charge in [-0.15, -0.1) is 0 Å². The Morgan fingerprint density at radius 3 is 2.29 bits per heavy atom. The lowest BCUT2D eigenvalue weighted by Crippen LogP contribution is -2.38. The third kappa shape index (κ3) is 6.42. The largest absolute Gasteiger partial charge is 0.481 e. The number of amides is 3. The maximum Gasteiger partial charge on any atom is 0.317 e. The molecule has 0 aromatic heterocycles. The number of hydrogen-bond donors (Lipinski definition) is 3. The van der Waals surface area contributed by atoms with Gasteiger partial charge in [0.05, 0.1) is 5.92 Å². The molecule has 0 aliphatic heterocycles. The molecule has 2 rings (SSSR count). The van der Waals surface area contributed by atoms with Crippen LogP contribution in [0.15, 0.2) is 54.6 Å². The molecule has 0 saturated carbocycles. The molecule has 0 aliphatic carbocycles. The number of carboxylic acid groups (broad SMARTS) is 1. The Balaban J connectivity index is 1.73. The standard InChI is InChI=1S/C21H25N3O4/c1-15(20(26)27)17-8-10-18(11-9-17)23-19(25)12-13-22-21(28)24(2)14-16-6-4-3-5-7-16/h3-11,15H,12-14H2,1-2H3,(H,22,28)(H,23,25)(H,26,27). The van der Waals surface area contributed by atoms with Gasteiger partial charge in [-0.3, -0.25) is 9.59 Å². The molecule has 2 aromatic rings. The van der Waals surface area contributed by atoms with Crippen molar-refractivity contribution in [3.8, 4) is 0 Å². The molecular formula is C21H25N3O4. The second-order valence-electron chi connectivity index (χ2n) is 6.55. The molecule has 3 amide bonds. The number of benzene rings is 2. The van der Waals surface area contributed by atoms with Crippen molar-refractivity contribution in [3.05, 3.63) is 65.7 Å².